The van der Waals surface area contributed by atoms with Crippen molar-refractivity contribution < 1.29 is 13.2 Å². The van der Waals surface area contributed by atoms with Crippen LogP contribution in [0.25, 0.3) is 0 Å². The van der Waals surface area contributed by atoms with Crippen LogP contribution in [-0.2, 0) is 9.84 Å². The van der Waals surface area contributed by atoms with E-state index in [4.69, 9.17) is 11.5 Å². The van der Waals surface area contributed by atoms with Gasteiger partial charge in [0.2, 0.25) is 9.84 Å². The van der Waals surface area contributed by atoms with Crippen molar-refractivity contribution in [3.8, 4) is 0 Å². The van der Waals surface area contributed by atoms with Gasteiger partial charge >= 0.3 is 0 Å². The Hall–Kier alpha value is -1.73. The van der Waals surface area contributed by atoms with Crippen LogP contribution in [0, 0.1) is 0 Å². The van der Waals surface area contributed by atoms with Crippen LogP contribution in [0.15, 0.2) is 36.0 Å². The molecular formula is C12H17N3O3S. The Labute approximate surface area is 112 Å². The number of carbonyl (C=O) groups is 1. The molecule has 0 spiro atoms. The summed E-state index contributed by atoms with van der Waals surface area (Å²) in [5, 5.41) is -1.13. The van der Waals surface area contributed by atoms with Crippen molar-refractivity contribution in [1.82, 2.24) is 4.98 Å². The van der Waals surface area contributed by atoms with E-state index in [2.05, 4.69) is 11.6 Å². The van der Waals surface area contributed by atoms with Gasteiger partial charge in [0.25, 0.3) is 5.91 Å². The molecule has 19 heavy (non-hydrogen) atoms. The lowest BCUT2D eigenvalue weighted by molar-refractivity contribution is 0.0996. The third-order valence-electron chi connectivity index (χ3n) is 2.66. The highest BCUT2D eigenvalue weighted by Crippen LogP contribution is 2.21. The van der Waals surface area contributed by atoms with Crippen molar-refractivity contribution in [3.63, 3.8) is 0 Å². The average molecular weight is 283 g/mol. The maximum absolute atomic E-state index is 12.4. The van der Waals surface area contributed by atoms with Crippen LogP contribution in [0.2, 0.25) is 0 Å². The van der Waals surface area contributed by atoms with E-state index in [1.165, 1.54) is 24.4 Å². The number of amides is 1. The van der Waals surface area contributed by atoms with Crippen LogP contribution in [0.3, 0.4) is 0 Å². The molecule has 0 radical (unpaired) electrons. The lowest BCUT2D eigenvalue weighted by Gasteiger charge is -2.14. The minimum Gasteiger partial charge on any atom is -0.366 e. The van der Waals surface area contributed by atoms with Crippen molar-refractivity contribution in [2.45, 2.75) is 23.1 Å². The third kappa shape index (κ3) is 3.39. The highest BCUT2D eigenvalue weighted by Gasteiger charge is 2.29. The van der Waals surface area contributed by atoms with Crippen molar-refractivity contribution in [3.05, 3.63) is 36.5 Å². The SMILES string of the molecule is C=CC(CCCN)S(=O)(=O)c1ncccc1C(N)=O. The fourth-order valence-corrected chi connectivity index (χ4v) is 3.37. The van der Waals surface area contributed by atoms with Crippen molar-refractivity contribution >= 4 is 15.7 Å². The molecule has 0 aromatic carbocycles. The van der Waals surface area contributed by atoms with Gasteiger partial charge in [0.15, 0.2) is 5.03 Å². The van der Waals surface area contributed by atoms with E-state index < -0.39 is 21.0 Å². The molecule has 1 atom stereocenters. The van der Waals surface area contributed by atoms with E-state index in [1.54, 1.807) is 0 Å². The van der Waals surface area contributed by atoms with Gasteiger partial charge in [-0.3, -0.25) is 4.79 Å². The van der Waals surface area contributed by atoms with Crippen LogP contribution in [0.4, 0.5) is 0 Å². The van der Waals surface area contributed by atoms with Crippen molar-refractivity contribution in [2.75, 3.05) is 6.54 Å². The molecule has 1 heterocycles. The number of carbonyl (C=O) groups excluding carboxylic acids is 1. The Balaban J connectivity index is 3.26. The summed E-state index contributed by atoms with van der Waals surface area (Å²) in [6.07, 6.45) is 3.50. The van der Waals surface area contributed by atoms with Gasteiger partial charge in [-0.05, 0) is 31.5 Å². The molecule has 4 N–H and O–H groups in total. The zero-order valence-electron chi connectivity index (χ0n) is 10.5. The summed E-state index contributed by atoms with van der Waals surface area (Å²) in [4.78, 5) is 15.0. The average Bonchev–Trinajstić information content (AvgIpc) is 2.39. The molecule has 1 amide bonds. The Morgan fingerprint density at radius 1 is 1.53 bits per heavy atom. The first-order chi connectivity index (χ1) is 8.95. The minimum absolute atomic E-state index is 0.109. The molecule has 1 aromatic heterocycles. The Morgan fingerprint density at radius 2 is 2.21 bits per heavy atom. The fraction of sp³-hybridized carbons (Fsp3) is 0.333. The maximum Gasteiger partial charge on any atom is 0.251 e. The van der Waals surface area contributed by atoms with Gasteiger partial charge in [0.1, 0.15) is 0 Å². The number of nitrogens with zero attached hydrogens (tertiary/aromatic N) is 1. The third-order valence-corrected chi connectivity index (χ3v) is 4.75. The number of sulfone groups is 1. The number of hydrogen-bond acceptors (Lipinski definition) is 5. The van der Waals surface area contributed by atoms with Crippen LogP contribution in [-0.4, -0.2) is 31.1 Å². The predicted molar refractivity (Wildman–Crippen MR) is 72.2 cm³/mol. The summed E-state index contributed by atoms with van der Waals surface area (Å²) in [5.74, 6) is -0.826. The number of pyridine rings is 1. The number of rotatable bonds is 7. The van der Waals surface area contributed by atoms with Crippen molar-refractivity contribution in [2.24, 2.45) is 11.5 Å². The summed E-state index contributed by atoms with van der Waals surface area (Å²) in [5.41, 5.74) is 10.4. The highest BCUT2D eigenvalue weighted by atomic mass is 32.2. The Kier molecular flexibility index (Phi) is 5.20. The molecule has 1 unspecified atom stereocenters. The first-order valence-electron chi connectivity index (χ1n) is 5.76. The zero-order valence-corrected chi connectivity index (χ0v) is 11.3. The first-order valence-corrected chi connectivity index (χ1v) is 7.31. The predicted octanol–water partition coefficient (Wildman–Crippen LogP) is 0.248. The summed E-state index contributed by atoms with van der Waals surface area (Å²) >= 11 is 0. The van der Waals surface area contributed by atoms with Crippen LogP contribution in [0.5, 0.6) is 0 Å². The second-order valence-corrected chi connectivity index (χ2v) is 6.05. The van der Waals surface area contributed by atoms with Gasteiger partial charge in [0, 0.05) is 6.20 Å². The van der Waals surface area contributed by atoms with E-state index in [-0.39, 0.29) is 10.6 Å². The lowest BCUT2D eigenvalue weighted by Crippen LogP contribution is -2.25. The maximum atomic E-state index is 12.4. The number of nitrogens with two attached hydrogens (primary N) is 2. The van der Waals surface area contributed by atoms with Crippen LogP contribution < -0.4 is 11.5 Å². The Morgan fingerprint density at radius 3 is 2.74 bits per heavy atom. The summed E-state index contributed by atoms with van der Waals surface area (Å²) in [6, 6.07) is 2.80. The van der Waals surface area contributed by atoms with Gasteiger partial charge < -0.3 is 11.5 Å². The monoisotopic (exact) mass is 283 g/mol. The van der Waals surface area contributed by atoms with Crippen LogP contribution >= 0.6 is 0 Å². The molecule has 7 heteroatoms. The van der Waals surface area contributed by atoms with Crippen molar-refractivity contribution in [1.29, 1.82) is 0 Å². The van der Waals surface area contributed by atoms with Gasteiger partial charge in [0.05, 0.1) is 10.8 Å². The van der Waals surface area contributed by atoms with Gasteiger partial charge in [-0.15, -0.1) is 6.58 Å². The summed E-state index contributed by atoms with van der Waals surface area (Å²) < 4.78 is 24.8. The molecule has 0 aliphatic carbocycles. The number of aromatic nitrogens is 1. The smallest absolute Gasteiger partial charge is 0.251 e. The molecule has 0 aliphatic heterocycles. The molecule has 0 aliphatic rings. The first kappa shape index (κ1) is 15.3. The molecule has 0 fully saturated rings. The molecular weight excluding hydrogens is 266 g/mol. The van der Waals surface area contributed by atoms with E-state index >= 15 is 0 Å². The summed E-state index contributed by atoms with van der Waals surface area (Å²) in [6.45, 7) is 3.90. The normalized spacial score (nSPS) is 12.9. The quantitative estimate of drug-likeness (QED) is 0.696. The molecule has 1 rings (SSSR count). The molecule has 104 valence electrons. The van der Waals surface area contributed by atoms with Gasteiger partial charge in [-0.1, -0.05) is 6.08 Å². The largest absolute Gasteiger partial charge is 0.366 e. The lowest BCUT2D eigenvalue weighted by atomic mass is 10.2. The molecule has 0 saturated carbocycles. The highest BCUT2D eigenvalue weighted by molar-refractivity contribution is 7.92. The summed E-state index contributed by atoms with van der Waals surface area (Å²) in [7, 11) is -3.78. The van der Waals surface area contributed by atoms with Crippen LogP contribution in [0.1, 0.15) is 23.2 Å². The standard InChI is InChI=1S/C12H17N3O3S/c1-2-9(5-3-7-13)19(17,18)12-10(11(14)16)6-4-8-15-12/h2,4,6,8-9H,1,3,5,7,13H2,(H2,14,16). The Bertz CT molecular complexity index is 569. The van der Waals surface area contributed by atoms with E-state index in [0.717, 1.165) is 0 Å². The van der Waals surface area contributed by atoms with E-state index in [9.17, 15) is 13.2 Å². The number of primary amides is 1. The number of hydrogen-bond donors (Lipinski definition) is 2. The van der Waals surface area contributed by atoms with E-state index in [0.29, 0.717) is 19.4 Å². The fourth-order valence-electron chi connectivity index (χ4n) is 1.67. The molecule has 0 bridgehead atoms. The van der Waals surface area contributed by atoms with Gasteiger partial charge in [-0.2, -0.15) is 0 Å². The topological polar surface area (TPSA) is 116 Å². The molecule has 1 aromatic rings. The molecule has 0 saturated heterocycles. The van der Waals surface area contributed by atoms with E-state index in [1.807, 2.05) is 0 Å². The minimum atomic E-state index is -3.78. The second-order valence-electron chi connectivity index (χ2n) is 3.97. The van der Waals surface area contributed by atoms with Gasteiger partial charge in [-0.25, -0.2) is 13.4 Å². The molecule has 6 nitrogen and oxygen atoms in total. The second kappa shape index (κ2) is 6.44. The zero-order chi connectivity index (χ0) is 14.5.